The molecular formula is C16H24Cl2N2O2S. The van der Waals surface area contributed by atoms with Crippen LogP contribution in [0, 0.1) is 11.8 Å². The Bertz CT molecular complexity index is 679. The fourth-order valence-electron chi connectivity index (χ4n) is 3.68. The van der Waals surface area contributed by atoms with E-state index in [0.29, 0.717) is 29.9 Å². The quantitative estimate of drug-likeness (QED) is 0.877. The first-order valence-electron chi connectivity index (χ1n) is 7.86. The molecule has 1 heterocycles. The van der Waals surface area contributed by atoms with E-state index in [0.717, 1.165) is 18.4 Å². The molecule has 3 unspecified atom stereocenters. The van der Waals surface area contributed by atoms with E-state index in [1.807, 2.05) is 19.9 Å². The summed E-state index contributed by atoms with van der Waals surface area (Å²) in [6, 6.07) is 5.42. The highest BCUT2D eigenvalue weighted by Crippen LogP contribution is 2.40. The van der Waals surface area contributed by atoms with Crippen LogP contribution in [-0.2, 0) is 10.0 Å². The fourth-order valence-corrected chi connectivity index (χ4v) is 5.72. The van der Waals surface area contributed by atoms with Gasteiger partial charge in [-0.05, 0) is 48.3 Å². The van der Waals surface area contributed by atoms with E-state index in [4.69, 9.17) is 17.3 Å². The van der Waals surface area contributed by atoms with Crippen LogP contribution in [0.5, 0.6) is 0 Å². The third kappa shape index (κ3) is 3.40. The van der Waals surface area contributed by atoms with Crippen LogP contribution < -0.4 is 5.73 Å². The van der Waals surface area contributed by atoms with Crippen molar-refractivity contribution in [2.24, 2.45) is 17.6 Å². The van der Waals surface area contributed by atoms with E-state index in [1.165, 1.54) is 0 Å². The number of halogens is 2. The summed E-state index contributed by atoms with van der Waals surface area (Å²) in [6.45, 7) is 5.18. The zero-order chi connectivity index (χ0) is 16.1. The third-order valence-corrected chi connectivity index (χ3v) is 7.43. The first-order chi connectivity index (χ1) is 10.3. The molecule has 1 aromatic rings. The third-order valence-electron chi connectivity index (χ3n) is 5.12. The molecule has 0 amide bonds. The van der Waals surface area contributed by atoms with Crippen LogP contribution in [0.3, 0.4) is 0 Å². The molecule has 1 aliphatic heterocycles. The van der Waals surface area contributed by atoms with Gasteiger partial charge >= 0.3 is 0 Å². The molecule has 0 spiro atoms. The van der Waals surface area contributed by atoms with Crippen molar-refractivity contribution in [2.45, 2.75) is 43.5 Å². The summed E-state index contributed by atoms with van der Waals surface area (Å²) in [5.74, 6) is 0.955. The number of nitrogens with zero attached hydrogens (tertiary/aromatic N) is 1. The number of sulfonamides is 1. The Morgan fingerprint density at radius 1 is 1.26 bits per heavy atom. The molecule has 0 radical (unpaired) electrons. The second kappa shape index (κ2) is 6.89. The van der Waals surface area contributed by atoms with E-state index in [9.17, 15) is 8.42 Å². The van der Waals surface area contributed by atoms with Gasteiger partial charge in [-0.25, -0.2) is 8.42 Å². The molecule has 1 saturated heterocycles. The number of hydrogen-bond acceptors (Lipinski definition) is 3. The largest absolute Gasteiger partial charge is 0.327 e. The molecule has 2 N–H and O–H groups in total. The van der Waals surface area contributed by atoms with Crippen LogP contribution in [0.4, 0.5) is 0 Å². The molecule has 0 aromatic heterocycles. The van der Waals surface area contributed by atoms with Gasteiger partial charge in [0, 0.05) is 19.1 Å². The Kier molecular flexibility index (Phi) is 5.69. The van der Waals surface area contributed by atoms with Crippen molar-refractivity contribution in [1.29, 1.82) is 0 Å². The molecule has 0 bridgehead atoms. The molecule has 130 valence electrons. The summed E-state index contributed by atoms with van der Waals surface area (Å²) in [5, 5.41) is 0.297. The Morgan fingerprint density at radius 3 is 2.57 bits per heavy atom. The van der Waals surface area contributed by atoms with E-state index >= 15 is 0 Å². The first-order valence-corrected chi connectivity index (χ1v) is 9.67. The SMILES string of the molecule is CC(C)c1ccc(Cl)c(S(=O)(=O)N2CC3CCC(N)C3C2)c1.Cl. The van der Waals surface area contributed by atoms with Crippen molar-refractivity contribution in [3.63, 3.8) is 0 Å². The monoisotopic (exact) mass is 378 g/mol. The highest BCUT2D eigenvalue weighted by Gasteiger charge is 2.45. The molecule has 1 aromatic carbocycles. The Labute approximate surface area is 149 Å². The normalized spacial score (nSPS) is 28.0. The maximum atomic E-state index is 13.0. The van der Waals surface area contributed by atoms with Crippen LogP contribution in [0.1, 0.15) is 38.2 Å². The number of rotatable bonds is 3. The molecule has 2 aliphatic rings. The summed E-state index contributed by atoms with van der Waals surface area (Å²) in [7, 11) is -3.55. The van der Waals surface area contributed by atoms with Crippen molar-refractivity contribution in [1.82, 2.24) is 4.31 Å². The lowest BCUT2D eigenvalue weighted by molar-refractivity contribution is 0.427. The molecule has 2 fully saturated rings. The van der Waals surface area contributed by atoms with Gasteiger partial charge in [0.2, 0.25) is 10.0 Å². The number of nitrogens with two attached hydrogens (primary N) is 1. The lowest BCUT2D eigenvalue weighted by Crippen LogP contribution is -2.33. The van der Waals surface area contributed by atoms with E-state index < -0.39 is 10.0 Å². The number of fused-ring (bicyclic) bond motifs is 1. The van der Waals surface area contributed by atoms with Crippen LogP contribution in [0.15, 0.2) is 23.1 Å². The Morgan fingerprint density at radius 2 is 1.96 bits per heavy atom. The maximum absolute atomic E-state index is 13.0. The zero-order valence-corrected chi connectivity index (χ0v) is 15.8. The van der Waals surface area contributed by atoms with E-state index in [2.05, 4.69) is 0 Å². The highest BCUT2D eigenvalue weighted by molar-refractivity contribution is 7.89. The summed E-state index contributed by atoms with van der Waals surface area (Å²) >= 11 is 6.18. The summed E-state index contributed by atoms with van der Waals surface area (Å²) in [5.41, 5.74) is 7.10. The predicted octanol–water partition coefficient (Wildman–Crippen LogP) is 3.24. The summed E-state index contributed by atoms with van der Waals surface area (Å²) in [4.78, 5) is 0.230. The van der Waals surface area contributed by atoms with Gasteiger partial charge in [0.05, 0.1) is 5.02 Å². The van der Waals surface area contributed by atoms with Gasteiger partial charge in [0.15, 0.2) is 0 Å². The summed E-state index contributed by atoms with van der Waals surface area (Å²) < 4.78 is 27.5. The molecule has 1 aliphatic carbocycles. The molecule has 23 heavy (non-hydrogen) atoms. The minimum Gasteiger partial charge on any atom is -0.327 e. The average Bonchev–Trinajstić information content (AvgIpc) is 3.02. The summed E-state index contributed by atoms with van der Waals surface area (Å²) in [6.07, 6.45) is 2.03. The van der Waals surface area contributed by atoms with Gasteiger partial charge in [0.1, 0.15) is 4.90 Å². The predicted molar refractivity (Wildman–Crippen MR) is 95.7 cm³/mol. The van der Waals surface area contributed by atoms with Gasteiger partial charge < -0.3 is 5.73 Å². The van der Waals surface area contributed by atoms with Crippen LogP contribution in [0.25, 0.3) is 0 Å². The average molecular weight is 379 g/mol. The molecule has 1 saturated carbocycles. The highest BCUT2D eigenvalue weighted by atomic mass is 35.5. The van der Waals surface area contributed by atoms with Gasteiger partial charge in [-0.3, -0.25) is 0 Å². The minimum absolute atomic E-state index is 0. The second-order valence-electron chi connectivity index (χ2n) is 6.83. The zero-order valence-electron chi connectivity index (χ0n) is 13.4. The van der Waals surface area contributed by atoms with E-state index in [1.54, 1.807) is 16.4 Å². The second-order valence-corrected chi connectivity index (χ2v) is 9.15. The van der Waals surface area contributed by atoms with Crippen molar-refractivity contribution in [3.8, 4) is 0 Å². The maximum Gasteiger partial charge on any atom is 0.244 e. The number of benzene rings is 1. The van der Waals surface area contributed by atoms with Gasteiger partial charge in [-0.15, -0.1) is 12.4 Å². The van der Waals surface area contributed by atoms with Crippen molar-refractivity contribution in [2.75, 3.05) is 13.1 Å². The number of hydrogen-bond donors (Lipinski definition) is 1. The van der Waals surface area contributed by atoms with Crippen LogP contribution >= 0.6 is 24.0 Å². The Balaban J connectivity index is 0.00000192. The molecule has 3 atom stereocenters. The molecular weight excluding hydrogens is 355 g/mol. The van der Waals surface area contributed by atoms with E-state index in [-0.39, 0.29) is 29.3 Å². The molecule has 4 nitrogen and oxygen atoms in total. The Hall–Kier alpha value is -0.330. The van der Waals surface area contributed by atoms with Crippen molar-refractivity contribution >= 4 is 34.0 Å². The lowest BCUT2D eigenvalue weighted by Gasteiger charge is -2.20. The minimum atomic E-state index is -3.55. The standard InChI is InChI=1S/C16H23ClN2O2S.ClH/c1-10(2)11-3-5-14(17)16(7-11)22(20,21)19-8-12-4-6-15(18)13(12)9-19;/h3,5,7,10,12-13,15H,4,6,8-9,18H2,1-2H3;1H. The van der Waals surface area contributed by atoms with Gasteiger partial charge in [0.25, 0.3) is 0 Å². The molecule has 3 rings (SSSR count). The fraction of sp³-hybridized carbons (Fsp3) is 0.625. The van der Waals surface area contributed by atoms with Crippen LogP contribution in [-0.4, -0.2) is 31.9 Å². The van der Waals surface area contributed by atoms with Crippen LogP contribution in [0.2, 0.25) is 5.02 Å². The smallest absolute Gasteiger partial charge is 0.244 e. The topological polar surface area (TPSA) is 63.4 Å². The van der Waals surface area contributed by atoms with Gasteiger partial charge in [-0.2, -0.15) is 4.31 Å². The first kappa shape index (κ1) is 19.0. The lowest BCUT2D eigenvalue weighted by atomic mass is 9.98. The molecule has 7 heteroatoms. The van der Waals surface area contributed by atoms with Crippen molar-refractivity contribution in [3.05, 3.63) is 28.8 Å². The van der Waals surface area contributed by atoms with Gasteiger partial charge in [-0.1, -0.05) is 31.5 Å². The van der Waals surface area contributed by atoms with Crippen molar-refractivity contribution < 1.29 is 8.42 Å².